The number of fused-ring (bicyclic) bond motifs is 16. The zero-order valence-corrected chi connectivity index (χ0v) is 51.5. The number of hydrazone groups is 1. The Labute approximate surface area is 505 Å². The van der Waals surface area contributed by atoms with Crippen LogP contribution < -0.4 is 20.5 Å². The van der Waals surface area contributed by atoms with Gasteiger partial charge in [0.05, 0.1) is 70.7 Å². The van der Waals surface area contributed by atoms with Crippen LogP contribution in [-0.4, -0.2) is 164 Å². The van der Waals surface area contributed by atoms with Gasteiger partial charge < -0.3 is 59.8 Å². The van der Waals surface area contributed by atoms with Crippen molar-refractivity contribution in [1.29, 1.82) is 0 Å². The number of aromatic nitrogens is 1. The SMILES string of the molecule is CO[C@H]1CCO[C@@]2(C)Oc3c(C)c(O)c4c(O)c(c(/C=N/N5CCC(N(C)C6([C@@H]7CCN(c8c(F)cn9c(=O)c(C(=O)O)cc(C%10CC%10)c9c8C)C7)CC6)CC5)c(O)c4c3C2=O)NC(=O)/C(C)=C\C=C\[C@H](C)[C@H](O)[C@@H](C)[C@@H](O)[C@@H](C)[C@H](OC(C)=O)[C@@H]1C. The standard InChI is InChI=1S/C65H83FN6O15/c1-31-13-12-14-32(2)61(80)68-50-44(56(77)47-48(57(50)78)55(76)37(7)59-49(47)60(79)64(9,87-59)85-26-20-46(84-11)33(3)58(86-38(8)73)36(6)54(75)35(5)53(31)74)28-67-71-24-18-41(19-25-71)69(10)65(21-22-65)40-17-23-70(29-40)52-34(4)51-42(39-15-16-39)27-43(63(82)83)62(81)72(51)30-45(52)66/h12-14,27-28,30-31,33,35-36,39-41,46,53-54,58,74-78H,15-26,29H2,1-11H3,(H,68,80)(H,82,83)/b13-12+,32-14-,67-28+/t31-,33+,35+,36+,40+,46-,53-,54+,58+,64-/m0/s1. The second kappa shape index (κ2) is 24.1. The van der Waals surface area contributed by atoms with E-state index in [9.17, 15) is 54.6 Å². The van der Waals surface area contributed by atoms with Gasteiger partial charge in [-0.15, -0.1) is 0 Å². The van der Waals surface area contributed by atoms with Crippen LogP contribution >= 0.6 is 0 Å². The number of hydrogen-bond acceptors (Lipinski definition) is 18. The average Bonchev–Trinajstić information content (AvgIpc) is 1.69. The number of benzene rings is 2. The smallest absolute Gasteiger partial charge is 0.341 e. The molecule has 22 heteroatoms. The van der Waals surface area contributed by atoms with Gasteiger partial charge in [0.25, 0.3) is 17.3 Å². The number of carbonyl (C=O) groups excluding carboxylic acids is 3. The average molecular weight is 1210 g/mol. The normalized spacial score (nSPS) is 29.5. The molecule has 2 aromatic heterocycles. The lowest BCUT2D eigenvalue weighted by Crippen LogP contribution is -2.50. The van der Waals surface area contributed by atoms with Gasteiger partial charge >= 0.3 is 11.9 Å². The molecule has 4 aromatic rings. The molecule has 7 aliphatic rings. The molecule has 2 saturated carbocycles. The van der Waals surface area contributed by atoms with Crippen molar-refractivity contribution in [3.8, 4) is 23.0 Å². The maximum atomic E-state index is 16.3. The van der Waals surface area contributed by atoms with Crippen LogP contribution in [0.4, 0.5) is 15.8 Å². The van der Waals surface area contributed by atoms with E-state index in [0.717, 1.165) is 43.9 Å². The molecule has 7 N–H and O–H groups in total. The van der Waals surface area contributed by atoms with Crippen LogP contribution in [0.1, 0.15) is 149 Å². The molecular formula is C65H83FN6O15. The Hall–Kier alpha value is -7.11. The fourth-order valence-corrected chi connectivity index (χ4v) is 14.5. The maximum absolute atomic E-state index is 16.3. The van der Waals surface area contributed by atoms with Crippen molar-refractivity contribution in [2.45, 2.75) is 161 Å². The summed E-state index contributed by atoms with van der Waals surface area (Å²) in [5.74, 6) is -10.0. The number of nitrogens with zero attached hydrogens (tertiary/aromatic N) is 5. The molecule has 1 amide bonds. The number of rotatable bonds is 10. The topological polar surface area (TPSA) is 282 Å². The van der Waals surface area contributed by atoms with Crippen molar-refractivity contribution >= 4 is 57.5 Å². The quantitative estimate of drug-likeness (QED) is 0.0342. The first-order valence-corrected chi connectivity index (χ1v) is 30.4. The van der Waals surface area contributed by atoms with Gasteiger partial charge in [-0.3, -0.25) is 33.5 Å². The molecule has 7 heterocycles. The number of Topliss-reactive ketones (excluding diaryl/α,β-unsaturated/α-hetero) is 1. The first-order chi connectivity index (χ1) is 41.2. The summed E-state index contributed by atoms with van der Waals surface area (Å²) in [5.41, 5.74) is 0.698. The minimum atomic E-state index is -2.02. The molecule has 21 nitrogen and oxygen atoms in total. The monoisotopic (exact) mass is 1210 g/mol. The van der Waals surface area contributed by atoms with Gasteiger partial charge in [-0.1, -0.05) is 45.9 Å². The molecule has 0 spiro atoms. The number of ether oxygens (including phenoxy) is 4. The van der Waals surface area contributed by atoms with Crippen LogP contribution in [0.3, 0.4) is 0 Å². The second-order valence-electron chi connectivity index (χ2n) is 25.5. The number of phenolic OH excluding ortho intramolecular Hbond substituents is 3. The Bertz CT molecular complexity index is 3580. The summed E-state index contributed by atoms with van der Waals surface area (Å²) in [7, 11) is 3.63. The summed E-state index contributed by atoms with van der Waals surface area (Å²) < 4.78 is 41.8. The molecular weight excluding hydrogens is 1120 g/mol. The van der Waals surface area contributed by atoms with E-state index < -0.39 is 106 Å². The van der Waals surface area contributed by atoms with Crippen LogP contribution in [0.5, 0.6) is 23.0 Å². The predicted octanol–water partition coefficient (Wildman–Crippen LogP) is 8.06. The van der Waals surface area contributed by atoms with E-state index in [1.54, 1.807) is 39.8 Å². The number of aliphatic hydroxyl groups is 2. The zero-order chi connectivity index (χ0) is 63.0. The van der Waals surface area contributed by atoms with Crippen molar-refractivity contribution in [2.24, 2.45) is 34.7 Å². The number of phenols is 3. The number of aryl methyl sites for hydroxylation is 1. The Balaban J connectivity index is 0.924. The number of methoxy groups -OCH3 is 1. The van der Waals surface area contributed by atoms with Crippen LogP contribution in [0.15, 0.2) is 46.0 Å². The lowest BCUT2D eigenvalue weighted by Gasteiger charge is -2.42. The number of aromatic carboxylic acids is 1. The Morgan fingerprint density at radius 2 is 1.59 bits per heavy atom. The fourth-order valence-electron chi connectivity index (χ4n) is 14.5. The first kappa shape index (κ1) is 62.9. The number of allylic oxidation sites excluding steroid dienone is 2. The lowest BCUT2D eigenvalue weighted by molar-refractivity contribution is -0.164. The number of hydrogen-bond donors (Lipinski definition) is 7. The van der Waals surface area contributed by atoms with E-state index in [0.29, 0.717) is 55.8 Å². The summed E-state index contributed by atoms with van der Waals surface area (Å²) in [6, 6.07) is 1.63. The lowest BCUT2D eigenvalue weighted by atomic mass is 9.78. The maximum Gasteiger partial charge on any atom is 0.341 e. The predicted molar refractivity (Wildman–Crippen MR) is 324 cm³/mol. The number of piperidine rings is 1. The number of esters is 1. The summed E-state index contributed by atoms with van der Waals surface area (Å²) in [6.07, 6.45) is 9.50. The number of carboxylic acid groups (broad SMARTS) is 1. The third-order valence-corrected chi connectivity index (χ3v) is 20.1. The number of nitrogens with one attached hydrogen (secondary N) is 1. The fraction of sp³-hybridized carbons (Fsp3) is 0.569. The largest absolute Gasteiger partial charge is 0.507 e. The number of ketones is 1. The van der Waals surface area contributed by atoms with E-state index in [1.807, 2.05) is 11.9 Å². The van der Waals surface area contributed by atoms with E-state index in [1.165, 1.54) is 57.6 Å². The van der Waals surface area contributed by atoms with Crippen LogP contribution in [0.25, 0.3) is 16.3 Å². The van der Waals surface area contributed by atoms with Crippen molar-refractivity contribution in [3.63, 3.8) is 0 Å². The molecule has 0 radical (unpaired) electrons. The summed E-state index contributed by atoms with van der Waals surface area (Å²) >= 11 is 0. The highest BCUT2D eigenvalue weighted by atomic mass is 19.1. The Kier molecular flexibility index (Phi) is 17.4. The number of carbonyl (C=O) groups is 4. The minimum absolute atomic E-state index is 0.0456. The molecule has 470 valence electrons. The van der Waals surface area contributed by atoms with Gasteiger partial charge in [-0.05, 0) is 108 Å². The van der Waals surface area contributed by atoms with E-state index in [2.05, 4.69) is 22.2 Å². The molecule has 5 bridgehead atoms. The Morgan fingerprint density at radius 1 is 0.897 bits per heavy atom. The number of halogens is 1. The molecule has 2 aliphatic carbocycles. The van der Waals surface area contributed by atoms with E-state index in [4.69, 9.17) is 24.0 Å². The van der Waals surface area contributed by atoms with Crippen LogP contribution in [0.2, 0.25) is 0 Å². The van der Waals surface area contributed by atoms with Crippen molar-refractivity contribution in [3.05, 3.63) is 85.6 Å². The molecule has 2 saturated heterocycles. The molecule has 10 atom stereocenters. The third kappa shape index (κ3) is 11.3. The van der Waals surface area contributed by atoms with Crippen molar-refractivity contribution in [2.75, 3.05) is 57.2 Å². The summed E-state index contributed by atoms with van der Waals surface area (Å²) in [6.45, 7) is 16.5. The van der Waals surface area contributed by atoms with Crippen LogP contribution in [-0.2, 0) is 23.8 Å². The highest BCUT2D eigenvalue weighted by molar-refractivity contribution is 6.24. The number of carboxylic acids is 1. The molecule has 87 heavy (non-hydrogen) atoms. The zero-order valence-electron chi connectivity index (χ0n) is 51.5. The molecule has 2 aromatic carbocycles. The van der Waals surface area contributed by atoms with Gasteiger partial charge in [-0.2, -0.15) is 5.10 Å². The molecule has 5 aliphatic heterocycles. The number of aliphatic hydroxyl groups excluding tert-OH is 2. The second-order valence-corrected chi connectivity index (χ2v) is 25.5. The Morgan fingerprint density at radius 3 is 2.22 bits per heavy atom. The van der Waals surface area contributed by atoms with Gasteiger partial charge in [0, 0.05) is 98.9 Å². The van der Waals surface area contributed by atoms with E-state index in [-0.39, 0.29) is 86.5 Å². The highest BCUT2D eigenvalue weighted by Gasteiger charge is 2.56. The molecule has 0 unspecified atom stereocenters. The van der Waals surface area contributed by atoms with Gasteiger partial charge in [-0.25, -0.2) is 9.18 Å². The molecule has 11 rings (SSSR count). The van der Waals surface area contributed by atoms with Gasteiger partial charge in [0.1, 0.15) is 28.9 Å². The van der Waals surface area contributed by atoms with E-state index >= 15 is 4.39 Å². The number of aromatic hydroxyl groups is 3. The van der Waals surface area contributed by atoms with Gasteiger partial charge in [0.2, 0.25) is 5.78 Å². The van der Waals surface area contributed by atoms with Crippen molar-refractivity contribution in [1.82, 2.24) is 14.3 Å². The van der Waals surface area contributed by atoms with Crippen molar-refractivity contribution < 1.29 is 73.2 Å². The number of pyridine rings is 2. The number of anilines is 2. The number of amides is 1. The van der Waals surface area contributed by atoms with Gasteiger partial charge in [0.15, 0.2) is 11.6 Å². The third-order valence-electron chi connectivity index (χ3n) is 20.1. The summed E-state index contributed by atoms with van der Waals surface area (Å²) in [5, 5.41) is 78.6. The summed E-state index contributed by atoms with van der Waals surface area (Å²) in [4.78, 5) is 71.5. The minimum Gasteiger partial charge on any atom is -0.507 e. The van der Waals surface area contributed by atoms with Crippen LogP contribution in [0, 0.1) is 49.3 Å². The highest BCUT2D eigenvalue weighted by Crippen LogP contribution is 2.56. The first-order valence-electron chi connectivity index (χ1n) is 30.4. The molecule has 4 fully saturated rings.